The summed E-state index contributed by atoms with van der Waals surface area (Å²) in [5, 5.41) is 2.17. The van der Waals surface area contributed by atoms with Gasteiger partial charge in [-0.2, -0.15) is 0 Å². The number of likely N-dealkylation sites (tertiary alicyclic amines) is 1. The largest absolute Gasteiger partial charge is 0.377 e. The van der Waals surface area contributed by atoms with Gasteiger partial charge in [-0.1, -0.05) is 6.07 Å². The number of rotatable bonds is 4. The van der Waals surface area contributed by atoms with Crippen LogP contribution in [0.5, 0.6) is 0 Å². The normalized spacial score (nSPS) is 33.7. The third-order valence-corrected chi connectivity index (χ3v) is 4.77. The van der Waals surface area contributed by atoms with Crippen LogP contribution in [-0.2, 0) is 11.3 Å². The van der Waals surface area contributed by atoms with Gasteiger partial charge >= 0.3 is 0 Å². The van der Waals surface area contributed by atoms with Crippen LogP contribution in [0.25, 0.3) is 0 Å². The number of piperidine rings is 1. The van der Waals surface area contributed by atoms with Crippen LogP contribution in [0.3, 0.4) is 0 Å². The molecule has 2 aliphatic rings. The molecule has 0 radical (unpaired) electrons. The van der Waals surface area contributed by atoms with Crippen molar-refractivity contribution in [2.75, 3.05) is 13.2 Å². The van der Waals surface area contributed by atoms with Gasteiger partial charge in [0.15, 0.2) is 0 Å². The van der Waals surface area contributed by atoms with Gasteiger partial charge in [-0.15, -0.1) is 11.3 Å². The number of fused-ring (bicyclic) bond motifs is 2. The summed E-state index contributed by atoms with van der Waals surface area (Å²) >= 11 is 1.87. The maximum absolute atomic E-state index is 5.90. The topological polar surface area (TPSA) is 12.5 Å². The smallest absolute Gasteiger partial charge is 0.0770 e. The highest BCUT2D eigenvalue weighted by atomic mass is 32.1. The molecule has 2 heterocycles. The summed E-state index contributed by atoms with van der Waals surface area (Å²) in [6.45, 7) is 5.35. The Morgan fingerprint density at radius 1 is 1.50 bits per heavy atom. The van der Waals surface area contributed by atoms with Crippen LogP contribution in [0.15, 0.2) is 17.5 Å². The van der Waals surface area contributed by atoms with Crippen LogP contribution in [0.1, 0.15) is 24.6 Å². The lowest BCUT2D eigenvalue weighted by Gasteiger charge is -2.26. The van der Waals surface area contributed by atoms with Crippen molar-refractivity contribution in [1.82, 2.24) is 4.90 Å². The molecule has 0 aromatic carbocycles. The number of hydrogen-bond acceptors (Lipinski definition) is 3. The highest BCUT2D eigenvalue weighted by Gasteiger charge is 2.47. The monoisotopic (exact) mass is 237 g/mol. The molecule has 0 N–H and O–H groups in total. The van der Waals surface area contributed by atoms with E-state index in [-0.39, 0.29) is 0 Å². The fraction of sp³-hybridized carbons (Fsp3) is 0.692. The number of thiophene rings is 1. The summed E-state index contributed by atoms with van der Waals surface area (Å²) in [6.07, 6.45) is 3.22. The molecule has 1 aromatic rings. The molecular weight excluding hydrogens is 218 g/mol. The Morgan fingerprint density at radius 3 is 3.19 bits per heavy atom. The Labute approximate surface area is 101 Å². The minimum absolute atomic E-state index is 0.518. The lowest BCUT2D eigenvalue weighted by Crippen LogP contribution is -2.34. The minimum atomic E-state index is 0.518. The summed E-state index contributed by atoms with van der Waals surface area (Å²) < 4.78 is 5.90. The lowest BCUT2D eigenvalue weighted by atomic mass is 10.1. The van der Waals surface area contributed by atoms with Crippen molar-refractivity contribution in [2.45, 2.75) is 38.5 Å². The van der Waals surface area contributed by atoms with Gasteiger partial charge in [-0.05, 0) is 37.1 Å². The van der Waals surface area contributed by atoms with Crippen LogP contribution in [-0.4, -0.2) is 30.2 Å². The summed E-state index contributed by atoms with van der Waals surface area (Å²) in [6, 6.07) is 5.08. The van der Waals surface area contributed by atoms with Gasteiger partial charge in [0.2, 0.25) is 0 Å². The zero-order chi connectivity index (χ0) is 11.0. The van der Waals surface area contributed by atoms with Gasteiger partial charge in [0.25, 0.3) is 0 Å². The van der Waals surface area contributed by atoms with Crippen LogP contribution in [0, 0.1) is 5.92 Å². The molecule has 1 saturated heterocycles. The van der Waals surface area contributed by atoms with E-state index in [4.69, 9.17) is 4.74 Å². The van der Waals surface area contributed by atoms with Gasteiger partial charge in [-0.3, -0.25) is 4.90 Å². The van der Waals surface area contributed by atoms with Crippen molar-refractivity contribution in [3.63, 3.8) is 0 Å². The Hall–Kier alpha value is -0.380. The predicted octanol–water partition coefficient (Wildman–Crippen LogP) is 2.75. The van der Waals surface area contributed by atoms with Crippen LogP contribution in [0.2, 0.25) is 0 Å². The van der Waals surface area contributed by atoms with Crippen molar-refractivity contribution < 1.29 is 4.74 Å². The van der Waals surface area contributed by atoms with Crippen molar-refractivity contribution in [1.29, 1.82) is 0 Å². The molecule has 1 aliphatic heterocycles. The summed E-state index contributed by atoms with van der Waals surface area (Å²) in [5.41, 5.74) is 0. The van der Waals surface area contributed by atoms with Crippen molar-refractivity contribution in [3.8, 4) is 0 Å². The Morgan fingerprint density at radius 2 is 2.44 bits per heavy atom. The third kappa shape index (κ3) is 1.81. The zero-order valence-corrected chi connectivity index (χ0v) is 10.6. The van der Waals surface area contributed by atoms with E-state index in [2.05, 4.69) is 29.3 Å². The van der Waals surface area contributed by atoms with Gasteiger partial charge in [0.1, 0.15) is 0 Å². The zero-order valence-electron chi connectivity index (χ0n) is 9.76. The first-order valence-corrected chi connectivity index (χ1v) is 7.14. The summed E-state index contributed by atoms with van der Waals surface area (Å²) in [4.78, 5) is 4.11. The fourth-order valence-electron chi connectivity index (χ4n) is 3.27. The second-order valence-electron chi connectivity index (χ2n) is 4.83. The molecule has 1 saturated carbocycles. The van der Waals surface area contributed by atoms with E-state index >= 15 is 0 Å². The SMILES string of the molecule is CCO[C@@H]1[C@H]2CC[C@H]1N(Cc1cccs1)C2. The first-order valence-electron chi connectivity index (χ1n) is 6.26. The molecule has 3 rings (SSSR count). The molecule has 2 nitrogen and oxygen atoms in total. The highest BCUT2D eigenvalue weighted by Crippen LogP contribution is 2.40. The van der Waals surface area contributed by atoms with Crippen LogP contribution >= 0.6 is 11.3 Å². The average Bonchev–Trinajstić information content (AvgIpc) is 2.97. The molecule has 0 spiro atoms. The van der Waals surface area contributed by atoms with Gasteiger partial charge in [0, 0.05) is 30.6 Å². The van der Waals surface area contributed by atoms with Crippen molar-refractivity contribution in [2.24, 2.45) is 5.92 Å². The number of hydrogen-bond donors (Lipinski definition) is 0. The molecule has 16 heavy (non-hydrogen) atoms. The van der Waals surface area contributed by atoms with Crippen LogP contribution in [0.4, 0.5) is 0 Å². The van der Waals surface area contributed by atoms with Gasteiger partial charge in [-0.25, -0.2) is 0 Å². The first kappa shape index (κ1) is 10.8. The fourth-order valence-corrected chi connectivity index (χ4v) is 4.00. The molecular formula is C13H19NOS. The number of nitrogens with zero attached hydrogens (tertiary/aromatic N) is 1. The summed E-state index contributed by atoms with van der Waals surface area (Å²) in [5.74, 6) is 0.796. The Kier molecular flexibility index (Phi) is 3.01. The van der Waals surface area contributed by atoms with Crippen molar-refractivity contribution >= 4 is 11.3 Å². The second kappa shape index (κ2) is 4.47. The predicted molar refractivity (Wildman–Crippen MR) is 66.7 cm³/mol. The quantitative estimate of drug-likeness (QED) is 0.798. The average molecular weight is 237 g/mol. The molecule has 1 aliphatic carbocycles. The van der Waals surface area contributed by atoms with Gasteiger partial charge < -0.3 is 4.74 Å². The van der Waals surface area contributed by atoms with E-state index in [1.54, 1.807) is 0 Å². The molecule has 0 unspecified atom stereocenters. The van der Waals surface area contributed by atoms with Crippen molar-refractivity contribution in [3.05, 3.63) is 22.4 Å². The Balaban J connectivity index is 1.66. The second-order valence-corrected chi connectivity index (χ2v) is 5.87. The molecule has 2 fully saturated rings. The van der Waals surface area contributed by atoms with E-state index < -0.39 is 0 Å². The maximum Gasteiger partial charge on any atom is 0.0770 e. The van der Waals surface area contributed by atoms with E-state index in [0.717, 1.165) is 19.1 Å². The maximum atomic E-state index is 5.90. The molecule has 1 aromatic heterocycles. The molecule has 0 amide bonds. The van der Waals surface area contributed by atoms with E-state index in [0.29, 0.717) is 12.1 Å². The third-order valence-electron chi connectivity index (χ3n) is 3.91. The molecule has 3 heteroatoms. The van der Waals surface area contributed by atoms with E-state index in [9.17, 15) is 0 Å². The molecule has 3 atom stereocenters. The van der Waals surface area contributed by atoms with Crippen LogP contribution < -0.4 is 0 Å². The minimum Gasteiger partial charge on any atom is -0.377 e. The molecule has 88 valence electrons. The first-order chi connectivity index (χ1) is 7.88. The van der Waals surface area contributed by atoms with E-state index in [1.807, 2.05) is 11.3 Å². The number of ether oxygens (including phenoxy) is 1. The lowest BCUT2D eigenvalue weighted by molar-refractivity contribution is 0.0351. The molecule has 2 bridgehead atoms. The van der Waals surface area contributed by atoms with Gasteiger partial charge in [0.05, 0.1) is 6.10 Å². The highest BCUT2D eigenvalue weighted by molar-refractivity contribution is 7.09. The Bertz CT molecular complexity index is 338. The van der Waals surface area contributed by atoms with E-state index in [1.165, 1.54) is 24.3 Å². The standard InChI is InChI=1S/C13H19NOS/c1-2-15-13-10-5-6-12(13)14(8-10)9-11-4-3-7-16-11/h3-4,7,10,12-13H,2,5-6,8-9H2,1H3/t10-,12+,13+/m0/s1. The summed E-state index contributed by atoms with van der Waals surface area (Å²) in [7, 11) is 0.